The highest BCUT2D eigenvalue weighted by molar-refractivity contribution is 6.12. The maximum absolute atomic E-state index is 6.59. The van der Waals surface area contributed by atoms with E-state index in [0.29, 0.717) is 17.5 Å². The van der Waals surface area contributed by atoms with Crippen LogP contribution in [0.3, 0.4) is 0 Å². The Morgan fingerprint density at radius 1 is 0.409 bits per heavy atom. The number of furan rings is 1. The second-order valence-corrected chi connectivity index (χ2v) is 10.5. The molecule has 2 heterocycles. The van der Waals surface area contributed by atoms with Crippen LogP contribution in [0.15, 0.2) is 162 Å². The zero-order valence-corrected chi connectivity index (χ0v) is 23.7. The molecule has 0 fully saturated rings. The third-order valence-electron chi connectivity index (χ3n) is 7.69. The van der Waals surface area contributed by atoms with Gasteiger partial charge in [0.15, 0.2) is 23.1 Å². The van der Waals surface area contributed by atoms with Gasteiger partial charge in [0.05, 0.1) is 5.69 Å². The summed E-state index contributed by atoms with van der Waals surface area (Å²) in [5.74, 6) is 1.83. The molecule has 0 radical (unpaired) electrons. The van der Waals surface area contributed by atoms with Crippen molar-refractivity contribution in [1.82, 2.24) is 15.0 Å². The lowest BCUT2D eigenvalue weighted by atomic mass is 10.0. The van der Waals surface area contributed by atoms with Crippen molar-refractivity contribution in [3.63, 3.8) is 0 Å². The topological polar surface area (TPSA) is 55.1 Å². The van der Waals surface area contributed by atoms with E-state index in [2.05, 4.69) is 71.6 Å². The third-order valence-corrected chi connectivity index (χ3v) is 7.69. The van der Waals surface area contributed by atoms with Gasteiger partial charge in [0, 0.05) is 38.8 Å². The molecule has 0 N–H and O–H groups in total. The summed E-state index contributed by atoms with van der Waals surface area (Å²) in [5.41, 5.74) is 7.28. The largest absolute Gasteiger partial charge is 0.454 e. The molecule has 0 atom stereocenters. The average molecular weight is 567 g/mol. The smallest absolute Gasteiger partial charge is 0.164 e. The molecule has 0 aliphatic carbocycles. The molecule has 8 aromatic rings. The predicted molar refractivity (Wildman–Crippen MR) is 178 cm³/mol. The molecular weight excluding hydrogens is 540 g/mol. The Labute approximate surface area is 254 Å². The fourth-order valence-corrected chi connectivity index (χ4v) is 5.62. The molecule has 0 amide bonds. The Balaban J connectivity index is 1.43. The van der Waals surface area contributed by atoms with E-state index in [9.17, 15) is 0 Å². The lowest BCUT2D eigenvalue weighted by Gasteiger charge is -2.26. The highest BCUT2D eigenvalue weighted by atomic mass is 16.3. The van der Waals surface area contributed by atoms with Gasteiger partial charge in [-0.15, -0.1) is 0 Å². The first kappa shape index (κ1) is 25.6. The first-order chi connectivity index (χ1) is 21.8. The van der Waals surface area contributed by atoms with E-state index < -0.39 is 0 Å². The second kappa shape index (κ2) is 11.0. The van der Waals surface area contributed by atoms with Crippen LogP contribution in [0.2, 0.25) is 0 Å². The molecule has 0 saturated carbocycles. The molecule has 8 rings (SSSR count). The maximum Gasteiger partial charge on any atom is 0.164 e. The summed E-state index contributed by atoms with van der Waals surface area (Å²) in [6, 6.07) is 53.2. The molecule has 0 aliphatic rings. The van der Waals surface area contributed by atoms with Gasteiger partial charge in [0.1, 0.15) is 5.58 Å². The van der Waals surface area contributed by atoms with Crippen LogP contribution >= 0.6 is 0 Å². The van der Waals surface area contributed by atoms with Crippen molar-refractivity contribution in [1.29, 1.82) is 0 Å². The highest BCUT2D eigenvalue weighted by Crippen LogP contribution is 2.44. The number of hydrogen-bond acceptors (Lipinski definition) is 5. The third kappa shape index (κ3) is 4.67. The number of rotatable bonds is 6. The van der Waals surface area contributed by atoms with Crippen molar-refractivity contribution in [3.8, 4) is 34.2 Å². The molecule has 208 valence electrons. The summed E-state index contributed by atoms with van der Waals surface area (Å²) in [6.07, 6.45) is 0. The zero-order chi connectivity index (χ0) is 29.3. The van der Waals surface area contributed by atoms with Crippen LogP contribution < -0.4 is 4.90 Å². The van der Waals surface area contributed by atoms with E-state index in [-0.39, 0.29) is 0 Å². The van der Waals surface area contributed by atoms with E-state index in [4.69, 9.17) is 19.4 Å². The summed E-state index contributed by atoms with van der Waals surface area (Å²) in [7, 11) is 0. The van der Waals surface area contributed by atoms with Crippen LogP contribution in [0.25, 0.3) is 56.1 Å². The molecule has 44 heavy (non-hydrogen) atoms. The van der Waals surface area contributed by atoms with Crippen molar-refractivity contribution in [2.24, 2.45) is 0 Å². The number of hydrogen-bond donors (Lipinski definition) is 0. The van der Waals surface area contributed by atoms with Gasteiger partial charge in [-0.25, -0.2) is 15.0 Å². The molecule has 0 unspecified atom stereocenters. The molecule has 0 spiro atoms. The van der Waals surface area contributed by atoms with Crippen molar-refractivity contribution in [2.75, 3.05) is 4.90 Å². The Kier molecular flexibility index (Phi) is 6.39. The van der Waals surface area contributed by atoms with Crippen LogP contribution in [0.4, 0.5) is 17.1 Å². The van der Waals surface area contributed by atoms with Crippen molar-refractivity contribution >= 4 is 39.0 Å². The fourth-order valence-electron chi connectivity index (χ4n) is 5.62. The fraction of sp³-hybridized carbons (Fsp3) is 0. The molecule has 2 aromatic heterocycles. The van der Waals surface area contributed by atoms with E-state index in [0.717, 1.165) is 55.7 Å². The Hall–Kier alpha value is -6.07. The van der Waals surface area contributed by atoms with Gasteiger partial charge >= 0.3 is 0 Å². The lowest BCUT2D eigenvalue weighted by molar-refractivity contribution is 0.669. The lowest BCUT2D eigenvalue weighted by Crippen LogP contribution is -2.10. The monoisotopic (exact) mass is 566 g/mol. The molecule has 0 bridgehead atoms. The number of aromatic nitrogens is 3. The van der Waals surface area contributed by atoms with Gasteiger partial charge in [-0.1, -0.05) is 115 Å². The SMILES string of the molecule is c1ccc(-c2nc(-c3ccccc3)nc(-c3cc(N(c4ccccc4)c4ccccc4)c4oc5ccccc5c4c3)n2)cc1. The second-order valence-electron chi connectivity index (χ2n) is 10.5. The number of para-hydroxylation sites is 3. The Morgan fingerprint density at radius 3 is 1.41 bits per heavy atom. The maximum atomic E-state index is 6.59. The molecule has 5 nitrogen and oxygen atoms in total. The van der Waals surface area contributed by atoms with E-state index >= 15 is 0 Å². The van der Waals surface area contributed by atoms with Crippen LogP contribution in [-0.2, 0) is 0 Å². The summed E-state index contributed by atoms with van der Waals surface area (Å²) in [5, 5.41) is 2.03. The van der Waals surface area contributed by atoms with E-state index in [1.54, 1.807) is 0 Å². The average Bonchev–Trinajstić information content (AvgIpc) is 3.49. The van der Waals surface area contributed by atoms with Gasteiger partial charge in [-0.2, -0.15) is 0 Å². The predicted octanol–water partition coefficient (Wildman–Crippen LogP) is 10.2. The minimum absolute atomic E-state index is 0.590. The Bertz CT molecular complexity index is 2120. The van der Waals surface area contributed by atoms with Gasteiger partial charge in [0.25, 0.3) is 0 Å². The standard InChI is InChI=1S/C39H26N4O/c1-5-15-27(16-6-1)37-40-38(28-17-7-2-8-18-28)42-39(41-37)29-25-33-32-23-13-14-24-35(32)44-36(33)34(26-29)43(30-19-9-3-10-20-30)31-21-11-4-12-22-31/h1-26H. The zero-order valence-electron chi connectivity index (χ0n) is 23.7. The van der Waals surface area contributed by atoms with Gasteiger partial charge in [-0.3, -0.25) is 0 Å². The quantitative estimate of drug-likeness (QED) is 0.200. The Morgan fingerprint density at radius 2 is 0.864 bits per heavy atom. The number of anilines is 3. The van der Waals surface area contributed by atoms with E-state index in [1.807, 2.05) is 91.0 Å². The number of fused-ring (bicyclic) bond motifs is 3. The van der Waals surface area contributed by atoms with Crippen LogP contribution in [0.1, 0.15) is 0 Å². The highest BCUT2D eigenvalue weighted by Gasteiger charge is 2.22. The van der Waals surface area contributed by atoms with Crippen LogP contribution in [0.5, 0.6) is 0 Å². The molecule has 0 saturated heterocycles. The summed E-state index contributed by atoms with van der Waals surface area (Å²) >= 11 is 0. The first-order valence-corrected chi connectivity index (χ1v) is 14.5. The van der Waals surface area contributed by atoms with E-state index in [1.165, 1.54) is 0 Å². The summed E-state index contributed by atoms with van der Waals surface area (Å²) in [6.45, 7) is 0. The molecule has 0 aliphatic heterocycles. The van der Waals surface area contributed by atoms with Gasteiger partial charge in [-0.05, 0) is 42.5 Å². The number of benzene rings is 6. The number of nitrogens with zero attached hydrogens (tertiary/aromatic N) is 4. The van der Waals surface area contributed by atoms with Crippen LogP contribution in [0, 0.1) is 0 Å². The molecule has 5 heteroatoms. The van der Waals surface area contributed by atoms with Crippen molar-refractivity contribution in [3.05, 3.63) is 158 Å². The minimum Gasteiger partial charge on any atom is -0.454 e. The van der Waals surface area contributed by atoms with Crippen molar-refractivity contribution in [2.45, 2.75) is 0 Å². The van der Waals surface area contributed by atoms with Crippen LogP contribution in [-0.4, -0.2) is 15.0 Å². The summed E-state index contributed by atoms with van der Waals surface area (Å²) < 4.78 is 6.59. The van der Waals surface area contributed by atoms with Gasteiger partial charge in [0.2, 0.25) is 0 Å². The molecule has 6 aromatic carbocycles. The normalized spacial score (nSPS) is 11.2. The first-order valence-electron chi connectivity index (χ1n) is 14.5. The summed E-state index contributed by atoms with van der Waals surface area (Å²) in [4.78, 5) is 17.2. The van der Waals surface area contributed by atoms with Crippen molar-refractivity contribution < 1.29 is 4.42 Å². The van der Waals surface area contributed by atoms with Gasteiger partial charge < -0.3 is 9.32 Å². The minimum atomic E-state index is 0.590. The molecular formula is C39H26N4O.